The molecular weight excluding hydrogens is 312 g/mol. The van der Waals surface area contributed by atoms with Crippen LogP contribution in [-0.2, 0) is 9.59 Å². The number of carbonyl (C=O) groups excluding carboxylic acids is 2. The highest BCUT2D eigenvalue weighted by molar-refractivity contribution is 5.92. The molecule has 1 aliphatic heterocycles. The highest BCUT2D eigenvalue weighted by Gasteiger charge is 2.28. The lowest BCUT2D eigenvalue weighted by Gasteiger charge is -2.32. The summed E-state index contributed by atoms with van der Waals surface area (Å²) in [4.78, 5) is 26.2. The van der Waals surface area contributed by atoms with Crippen LogP contribution in [0.1, 0.15) is 41.6 Å². The van der Waals surface area contributed by atoms with E-state index in [0.29, 0.717) is 0 Å². The number of nitrogens with zero attached hydrogens (tertiary/aromatic N) is 1. The Balaban J connectivity index is 1.81. The van der Waals surface area contributed by atoms with Crippen LogP contribution in [-0.4, -0.2) is 16.7 Å². The lowest BCUT2D eigenvalue weighted by molar-refractivity contribution is -0.129. The molecule has 0 unspecified atom stereocenters. The largest absolute Gasteiger partial charge is 0.326 e. The maximum absolute atomic E-state index is 12.6. The zero-order valence-electron chi connectivity index (χ0n) is 14.7. The predicted molar refractivity (Wildman–Crippen MR) is 99.9 cm³/mol. The first kappa shape index (κ1) is 17.0. The molecule has 0 saturated carbocycles. The van der Waals surface area contributed by atoms with Gasteiger partial charge in [-0.2, -0.15) is 0 Å². The Bertz CT molecular complexity index is 855. The smallest absolute Gasteiger partial charge is 0.226 e. The number of carbonyl (C=O) groups is 2. The molecule has 1 aliphatic rings. The Morgan fingerprint density at radius 2 is 1.84 bits per heavy atom. The Labute approximate surface area is 148 Å². The molecule has 4 nitrogen and oxygen atoms in total. The number of nitrogens with one attached hydrogen (secondary N) is 1. The average Bonchev–Trinajstić information content (AvgIpc) is 2.58. The Morgan fingerprint density at radius 3 is 2.56 bits per heavy atom. The van der Waals surface area contributed by atoms with Crippen molar-refractivity contribution in [2.24, 2.45) is 0 Å². The first-order valence-electron chi connectivity index (χ1n) is 8.39. The third kappa shape index (κ3) is 3.63. The normalized spacial score (nSPS) is 15.6. The molecule has 0 radical (unpaired) electrons. The molecule has 0 spiro atoms. The van der Waals surface area contributed by atoms with Gasteiger partial charge in [0.2, 0.25) is 11.8 Å². The number of anilines is 1. The number of amides is 2. The second-order valence-electron chi connectivity index (χ2n) is 6.44. The molecule has 1 N–H and O–H groups in total. The monoisotopic (exact) mass is 334 g/mol. The molecule has 0 aliphatic carbocycles. The first-order valence-corrected chi connectivity index (χ1v) is 8.39. The van der Waals surface area contributed by atoms with Gasteiger partial charge in [0.15, 0.2) is 0 Å². The van der Waals surface area contributed by atoms with Crippen molar-refractivity contribution in [3.05, 3.63) is 70.9 Å². The highest BCUT2D eigenvalue weighted by Crippen LogP contribution is 2.33. The Hall–Kier alpha value is -2.88. The molecule has 128 valence electrons. The maximum atomic E-state index is 12.6. The quantitative estimate of drug-likeness (QED) is 0.914. The van der Waals surface area contributed by atoms with E-state index in [1.807, 2.05) is 62.4 Å². The van der Waals surface area contributed by atoms with E-state index in [9.17, 15) is 9.59 Å². The number of rotatable bonds is 3. The zero-order chi connectivity index (χ0) is 18.0. The van der Waals surface area contributed by atoms with E-state index >= 15 is 0 Å². The fourth-order valence-electron chi connectivity index (χ4n) is 3.12. The first-order chi connectivity index (χ1) is 12.0. The molecule has 4 heteroatoms. The summed E-state index contributed by atoms with van der Waals surface area (Å²) >= 11 is 0. The second-order valence-corrected chi connectivity index (χ2v) is 6.44. The number of benzene rings is 2. The molecule has 25 heavy (non-hydrogen) atoms. The summed E-state index contributed by atoms with van der Waals surface area (Å²) in [6.45, 7) is 5.58. The van der Waals surface area contributed by atoms with Crippen LogP contribution >= 0.6 is 0 Å². The van der Waals surface area contributed by atoms with Gasteiger partial charge < -0.3 is 10.2 Å². The Morgan fingerprint density at radius 1 is 1.08 bits per heavy atom. The molecular formula is C21H22N2O2. The minimum atomic E-state index is -0.287. The van der Waals surface area contributed by atoms with Crippen LogP contribution in [0.3, 0.4) is 0 Å². The molecule has 1 atom stereocenters. The second kappa shape index (κ2) is 6.93. The van der Waals surface area contributed by atoms with E-state index in [4.69, 9.17) is 0 Å². The third-order valence-corrected chi connectivity index (χ3v) is 4.64. The van der Waals surface area contributed by atoms with Gasteiger partial charge in [0, 0.05) is 18.8 Å². The van der Waals surface area contributed by atoms with Crippen molar-refractivity contribution in [3.8, 4) is 0 Å². The van der Waals surface area contributed by atoms with E-state index in [-0.39, 0.29) is 24.3 Å². The van der Waals surface area contributed by atoms with Crippen LogP contribution < -0.4 is 5.32 Å². The van der Waals surface area contributed by atoms with Gasteiger partial charge in [-0.3, -0.25) is 9.59 Å². The van der Waals surface area contributed by atoms with Gasteiger partial charge in [-0.25, -0.2) is 0 Å². The van der Waals surface area contributed by atoms with Crippen molar-refractivity contribution in [2.45, 2.75) is 33.2 Å². The van der Waals surface area contributed by atoms with Gasteiger partial charge in [-0.05, 0) is 54.3 Å². The molecule has 0 aromatic heterocycles. The number of hydrogen-bond donors (Lipinski definition) is 1. The number of aryl methyl sites for hydroxylation is 2. The molecule has 3 rings (SSSR count). The molecule has 1 heterocycles. The molecule has 2 aromatic carbocycles. The van der Waals surface area contributed by atoms with Gasteiger partial charge in [0.1, 0.15) is 0 Å². The van der Waals surface area contributed by atoms with Crippen LogP contribution in [0.25, 0.3) is 6.08 Å². The average molecular weight is 334 g/mol. The van der Waals surface area contributed by atoms with E-state index in [1.165, 1.54) is 12.5 Å². The SMILES string of the molecule is CC(=O)N1C=Cc2ccccc2[C@@H]1CC(=O)Nc1ccc(C)c(C)c1. The topological polar surface area (TPSA) is 49.4 Å². The van der Waals surface area contributed by atoms with Crippen LogP contribution in [0.2, 0.25) is 0 Å². The van der Waals surface area contributed by atoms with E-state index in [1.54, 1.807) is 11.1 Å². The summed E-state index contributed by atoms with van der Waals surface area (Å²) in [5.74, 6) is -0.181. The van der Waals surface area contributed by atoms with Crippen molar-refractivity contribution >= 4 is 23.6 Å². The lowest BCUT2D eigenvalue weighted by atomic mass is 9.93. The lowest BCUT2D eigenvalue weighted by Crippen LogP contribution is -2.33. The van der Waals surface area contributed by atoms with Crippen LogP contribution in [0.15, 0.2) is 48.7 Å². The summed E-state index contributed by atoms with van der Waals surface area (Å²) in [6.07, 6.45) is 3.89. The summed E-state index contributed by atoms with van der Waals surface area (Å²) < 4.78 is 0. The zero-order valence-corrected chi connectivity index (χ0v) is 14.7. The van der Waals surface area contributed by atoms with E-state index < -0.39 is 0 Å². The third-order valence-electron chi connectivity index (χ3n) is 4.64. The fraction of sp³-hybridized carbons (Fsp3) is 0.238. The molecule has 0 bridgehead atoms. The Kier molecular flexibility index (Phi) is 4.70. The highest BCUT2D eigenvalue weighted by atomic mass is 16.2. The number of hydrogen-bond acceptors (Lipinski definition) is 2. The predicted octanol–water partition coefficient (Wildman–Crippen LogP) is 4.21. The van der Waals surface area contributed by atoms with Crippen LogP contribution in [0.5, 0.6) is 0 Å². The minimum absolute atomic E-state index is 0.0743. The van der Waals surface area contributed by atoms with Gasteiger partial charge in [0.25, 0.3) is 0 Å². The van der Waals surface area contributed by atoms with Gasteiger partial charge in [-0.1, -0.05) is 30.3 Å². The molecule has 0 saturated heterocycles. The van der Waals surface area contributed by atoms with Crippen molar-refractivity contribution in [1.82, 2.24) is 4.90 Å². The van der Waals surface area contributed by atoms with Crippen molar-refractivity contribution in [1.29, 1.82) is 0 Å². The van der Waals surface area contributed by atoms with Crippen molar-refractivity contribution in [2.75, 3.05) is 5.32 Å². The van der Waals surface area contributed by atoms with E-state index in [0.717, 1.165) is 22.4 Å². The van der Waals surface area contributed by atoms with Crippen LogP contribution in [0, 0.1) is 13.8 Å². The van der Waals surface area contributed by atoms with E-state index in [2.05, 4.69) is 5.32 Å². The maximum Gasteiger partial charge on any atom is 0.226 e. The fourth-order valence-corrected chi connectivity index (χ4v) is 3.12. The van der Waals surface area contributed by atoms with Gasteiger partial charge >= 0.3 is 0 Å². The minimum Gasteiger partial charge on any atom is -0.326 e. The van der Waals surface area contributed by atoms with Gasteiger partial charge in [-0.15, -0.1) is 0 Å². The summed E-state index contributed by atoms with van der Waals surface area (Å²) in [5, 5.41) is 2.95. The van der Waals surface area contributed by atoms with Crippen molar-refractivity contribution in [3.63, 3.8) is 0 Å². The standard InChI is InChI=1S/C21H22N2O2/c1-14-8-9-18(12-15(14)2)22-21(25)13-20-19-7-5-4-6-17(19)10-11-23(20)16(3)24/h4-12,20H,13H2,1-3H3,(H,22,25)/t20-/m0/s1. The summed E-state index contributed by atoms with van der Waals surface area (Å²) in [6, 6.07) is 13.4. The van der Waals surface area contributed by atoms with Crippen LogP contribution in [0.4, 0.5) is 5.69 Å². The summed E-state index contributed by atoms with van der Waals surface area (Å²) in [5.41, 5.74) is 5.14. The molecule has 2 aromatic rings. The van der Waals surface area contributed by atoms with Gasteiger partial charge in [0.05, 0.1) is 12.5 Å². The number of fused-ring (bicyclic) bond motifs is 1. The summed E-state index contributed by atoms with van der Waals surface area (Å²) in [7, 11) is 0. The molecule has 0 fully saturated rings. The molecule has 2 amide bonds. The van der Waals surface area contributed by atoms with Crippen molar-refractivity contribution < 1.29 is 9.59 Å².